The molecule has 0 saturated heterocycles. The number of aromatic amines is 1. The van der Waals surface area contributed by atoms with E-state index in [-0.39, 0.29) is 5.78 Å². The monoisotopic (exact) mass is 301 g/mol. The second-order valence-electron chi connectivity index (χ2n) is 4.41. The van der Waals surface area contributed by atoms with Crippen molar-refractivity contribution in [3.8, 4) is 0 Å². The normalized spacial score (nSPS) is 10.8. The molecule has 1 heterocycles. The van der Waals surface area contributed by atoms with Gasteiger partial charge in [0.15, 0.2) is 5.78 Å². The minimum absolute atomic E-state index is 0.0410. The first-order valence-electron chi connectivity index (χ1n) is 6.22. The number of halogens is 1. The summed E-state index contributed by atoms with van der Waals surface area (Å²) in [4.78, 5) is 15.4. The third kappa shape index (κ3) is 2.74. The van der Waals surface area contributed by atoms with Gasteiger partial charge in [0.05, 0.1) is 15.8 Å². The van der Waals surface area contributed by atoms with Gasteiger partial charge in [0.2, 0.25) is 0 Å². The first kappa shape index (κ1) is 13.3. The lowest BCUT2D eigenvalue weighted by atomic mass is 10.1. The van der Waals surface area contributed by atoms with Crippen LogP contribution >= 0.6 is 23.4 Å². The minimum Gasteiger partial charge on any atom is -0.350 e. The van der Waals surface area contributed by atoms with Gasteiger partial charge in [-0.25, -0.2) is 0 Å². The Hall–Kier alpha value is -1.71. The number of hydrogen-bond acceptors (Lipinski definition) is 2. The molecular formula is C16H12ClNOS. The average Bonchev–Trinajstić information content (AvgIpc) is 2.88. The van der Waals surface area contributed by atoms with E-state index in [4.69, 9.17) is 11.6 Å². The largest absolute Gasteiger partial charge is 0.350 e. The van der Waals surface area contributed by atoms with Crippen LogP contribution < -0.4 is 0 Å². The summed E-state index contributed by atoms with van der Waals surface area (Å²) in [5.41, 5.74) is 1.66. The molecule has 3 aromatic rings. The van der Waals surface area contributed by atoms with Gasteiger partial charge in [-0.1, -0.05) is 41.9 Å². The number of carbonyl (C=O) groups excluding carboxylic acids is 1. The Labute approximate surface area is 126 Å². The molecule has 0 fully saturated rings. The Balaban J connectivity index is 1.73. The van der Waals surface area contributed by atoms with Crippen molar-refractivity contribution in [2.75, 3.05) is 5.75 Å². The van der Waals surface area contributed by atoms with Gasteiger partial charge in [0.25, 0.3) is 0 Å². The van der Waals surface area contributed by atoms with Crippen molar-refractivity contribution >= 4 is 40.0 Å². The summed E-state index contributed by atoms with van der Waals surface area (Å²) in [6.45, 7) is 0. The molecule has 0 aliphatic heterocycles. The molecule has 1 aromatic heterocycles. The Bertz CT molecular complexity index is 733. The number of rotatable bonds is 4. The van der Waals surface area contributed by atoms with Crippen LogP contribution in [0.25, 0.3) is 10.9 Å². The average molecular weight is 302 g/mol. The summed E-state index contributed by atoms with van der Waals surface area (Å²) in [5.74, 6) is 0.413. The Morgan fingerprint density at radius 2 is 1.85 bits per heavy atom. The number of hydrogen-bond donors (Lipinski definition) is 1. The van der Waals surface area contributed by atoms with Gasteiger partial charge in [-0.05, 0) is 24.3 Å². The number of fused-ring (bicyclic) bond motifs is 1. The third-order valence-corrected chi connectivity index (χ3v) is 4.31. The Kier molecular flexibility index (Phi) is 3.81. The van der Waals surface area contributed by atoms with Crippen LogP contribution in [0.5, 0.6) is 0 Å². The smallest absolute Gasteiger partial charge is 0.174 e. The summed E-state index contributed by atoms with van der Waals surface area (Å²) in [6, 6.07) is 17.3. The highest BCUT2D eigenvalue weighted by Gasteiger charge is 2.11. The SMILES string of the molecule is O=C(CSc1cc2ccccc2[nH]1)c1ccccc1Cl. The third-order valence-electron chi connectivity index (χ3n) is 3.04. The molecule has 20 heavy (non-hydrogen) atoms. The minimum atomic E-state index is 0.0410. The van der Waals surface area contributed by atoms with Gasteiger partial charge in [-0.2, -0.15) is 0 Å². The molecule has 2 aromatic carbocycles. The van der Waals surface area contributed by atoms with E-state index in [9.17, 15) is 4.79 Å². The zero-order valence-corrected chi connectivity index (χ0v) is 12.2. The van der Waals surface area contributed by atoms with E-state index in [2.05, 4.69) is 11.1 Å². The fraction of sp³-hybridized carbons (Fsp3) is 0.0625. The van der Waals surface area contributed by atoms with Crippen molar-refractivity contribution < 1.29 is 4.79 Å². The topological polar surface area (TPSA) is 32.9 Å². The Morgan fingerprint density at radius 1 is 1.10 bits per heavy atom. The molecule has 3 rings (SSSR count). The molecule has 0 bridgehead atoms. The van der Waals surface area contributed by atoms with Crippen molar-refractivity contribution in [3.05, 3.63) is 65.2 Å². The lowest BCUT2D eigenvalue weighted by Gasteiger charge is -2.02. The van der Waals surface area contributed by atoms with Crippen molar-refractivity contribution in [1.29, 1.82) is 0 Å². The van der Waals surface area contributed by atoms with Gasteiger partial charge in [0, 0.05) is 16.5 Å². The van der Waals surface area contributed by atoms with E-state index in [1.165, 1.54) is 11.8 Å². The van der Waals surface area contributed by atoms with Crippen molar-refractivity contribution in [2.45, 2.75) is 5.03 Å². The summed E-state index contributed by atoms with van der Waals surface area (Å²) in [5, 5.41) is 2.65. The molecular weight excluding hydrogens is 290 g/mol. The highest BCUT2D eigenvalue weighted by Crippen LogP contribution is 2.25. The van der Waals surface area contributed by atoms with E-state index in [1.807, 2.05) is 36.4 Å². The van der Waals surface area contributed by atoms with Crippen LogP contribution in [0.2, 0.25) is 5.02 Å². The molecule has 1 N–H and O–H groups in total. The predicted octanol–water partition coefficient (Wildman–Crippen LogP) is 4.80. The van der Waals surface area contributed by atoms with Crippen molar-refractivity contribution in [1.82, 2.24) is 4.98 Å². The van der Waals surface area contributed by atoms with Crippen LogP contribution in [0.4, 0.5) is 0 Å². The molecule has 0 aliphatic carbocycles. The molecule has 0 radical (unpaired) electrons. The number of para-hydroxylation sites is 1. The lowest BCUT2D eigenvalue weighted by Crippen LogP contribution is -2.02. The van der Waals surface area contributed by atoms with Crippen LogP contribution in [0, 0.1) is 0 Å². The maximum absolute atomic E-state index is 12.1. The van der Waals surface area contributed by atoms with Gasteiger partial charge in [-0.15, -0.1) is 11.8 Å². The van der Waals surface area contributed by atoms with E-state index in [0.717, 1.165) is 15.9 Å². The number of aromatic nitrogens is 1. The number of carbonyl (C=O) groups is 1. The summed E-state index contributed by atoms with van der Waals surface area (Å²) >= 11 is 7.52. The van der Waals surface area contributed by atoms with Crippen molar-refractivity contribution in [2.24, 2.45) is 0 Å². The Morgan fingerprint density at radius 3 is 2.65 bits per heavy atom. The first-order chi connectivity index (χ1) is 9.74. The summed E-state index contributed by atoms with van der Waals surface area (Å²) in [7, 11) is 0. The van der Waals surface area contributed by atoms with E-state index >= 15 is 0 Å². The number of Topliss-reactive ketones (excluding diaryl/α,β-unsaturated/α-hetero) is 1. The maximum atomic E-state index is 12.1. The summed E-state index contributed by atoms with van der Waals surface area (Å²) < 4.78 is 0. The number of benzene rings is 2. The maximum Gasteiger partial charge on any atom is 0.174 e. The molecule has 100 valence electrons. The van der Waals surface area contributed by atoms with Crippen LogP contribution in [-0.2, 0) is 0 Å². The second-order valence-corrected chi connectivity index (χ2v) is 5.84. The van der Waals surface area contributed by atoms with E-state index < -0.39 is 0 Å². The fourth-order valence-corrected chi connectivity index (χ4v) is 3.11. The van der Waals surface area contributed by atoms with Gasteiger partial charge in [-0.3, -0.25) is 4.79 Å². The first-order valence-corrected chi connectivity index (χ1v) is 7.59. The number of nitrogens with one attached hydrogen (secondary N) is 1. The number of ketones is 1. The van der Waals surface area contributed by atoms with Crippen LogP contribution in [0.3, 0.4) is 0 Å². The molecule has 0 amide bonds. The molecule has 0 spiro atoms. The van der Waals surface area contributed by atoms with Crippen LogP contribution in [0.1, 0.15) is 10.4 Å². The molecule has 2 nitrogen and oxygen atoms in total. The zero-order chi connectivity index (χ0) is 13.9. The summed E-state index contributed by atoms with van der Waals surface area (Å²) in [6.07, 6.45) is 0. The fourth-order valence-electron chi connectivity index (χ4n) is 2.03. The number of thioether (sulfide) groups is 1. The van der Waals surface area contributed by atoms with E-state index in [1.54, 1.807) is 12.1 Å². The molecule has 0 saturated carbocycles. The van der Waals surface area contributed by atoms with Gasteiger partial charge >= 0.3 is 0 Å². The molecule has 0 aliphatic rings. The lowest BCUT2D eigenvalue weighted by molar-refractivity contribution is 0.102. The van der Waals surface area contributed by atoms with Crippen LogP contribution in [-0.4, -0.2) is 16.5 Å². The second kappa shape index (κ2) is 5.73. The predicted molar refractivity (Wildman–Crippen MR) is 84.8 cm³/mol. The molecule has 0 atom stereocenters. The van der Waals surface area contributed by atoms with Gasteiger partial charge < -0.3 is 4.98 Å². The standard InChI is InChI=1S/C16H12ClNOS/c17-13-7-3-2-6-12(13)15(19)10-20-16-9-11-5-1-4-8-14(11)18-16/h1-9,18H,10H2. The van der Waals surface area contributed by atoms with E-state index in [0.29, 0.717) is 16.3 Å². The highest BCUT2D eigenvalue weighted by molar-refractivity contribution is 8.00. The number of H-pyrrole nitrogens is 1. The van der Waals surface area contributed by atoms with Crippen molar-refractivity contribution in [3.63, 3.8) is 0 Å². The molecule has 0 unspecified atom stereocenters. The van der Waals surface area contributed by atoms with Gasteiger partial charge in [0.1, 0.15) is 0 Å². The zero-order valence-electron chi connectivity index (χ0n) is 10.6. The van der Waals surface area contributed by atoms with Crippen LogP contribution in [0.15, 0.2) is 59.6 Å². The quantitative estimate of drug-likeness (QED) is 0.555. The molecule has 4 heteroatoms. The highest BCUT2D eigenvalue weighted by atomic mass is 35.5.